The molecular weight excluding hydrogens is 352 g/mol. The summed E-state index contributed by atoms with van der Waals surface area (Å²) in [7, 11) is 0. The smallest absolute Gasteiger partial charge is 0.306 e. The quantitative estimate of drug-likeness (QED) is 0.685. The summed E-state index contributed by atoms with van der Waals surface area (Å²) in [6.07, 6.45) is 0. The zero-order chi connectivity index (χ0) is 19.3. The molecule has 3 aromatic carbocycles. The minimum atomic E-state index is -0.388. The van der Waals surface area contributed by atoms with E-state index in [0.717, 1.165) is 5.56 Å². The molecule has 0 spiro atoms. The second-order valence-electron chi connectivity index (χ2n) is 6.29. The molecule has 6 heteroatoms. The number of para-hydroxylation sites is 1. The molecule has 0 aliphatic carbocycles. The topological polar surface area (TPSA) is 73.8 Å². The number of amides is 3. The van der Waals surface area contributed by atoms with Crippen LogP contribution in [0.15, 0.2) is 90.0 Å². The Kier molecular flexibility index (Phi) is 4.84. The van der Waals surface area contributed by atoms with Gasteiger partial charge in [-0.1, -0.05) is 66.7 Å². The lowest BCUT2D eigenvalue weighted by atomic mass is 10.1. The first-order chi connectivity index (χ1) is 13.7. The van der Waals surface area contributed by atoms with Crippen LogP contribution >= 0.6 is 0 Å². The van der Waals surface area contributed by atoms with Gasteiger partial charge in [0.05, 0.1) is 12.1 Å². The molecule has 3 aromatic rings. The number of carbonyl (C=O) groups is 2. The van der Waals surface area contributed by atoms with Gasteiger partial charge in [0.15, 0.2) is 5.84 Å². The second-order valence-corrected chi connectivity index (χ2v) is 6.29. The zero-order valence-electron chi connectivity index (χ0n) is 15.0. The van der Waals surface area contributed by atoms with Crippen molar-refractivity contribution in [3.05, 3.63) is 102 Å². The number of carbonyl (C=O) groups excluding carboxylic acids is 2. The van der Waals surface area contributed by atoms with E-state index in [4.69, 9.17) is 0 Å². The van der Waals surface area contributed by atoms with Gasteiger partial charge in [0.25, 0.3) is 5.91 Å². The standard InChI is InChI=1S/C22H18N4O2/c27-21-19-14-8-7-13-18(19)20(24-21)25-26(15-16-9-3-1-4-10-16)22(28)23-17-11-5-2-6-12-17/h1-14H,15H2,(H,23,28)(H,24,25,27). The van der Waals surface area contributed by atoms with E-state index in [1.165, 1.54) is 5.01 Å². The lowest BCUT2D eigenvalue weighted by Crippen LogP contribution is -2.33. The highest BCUT2D eigenvalue weighted by molar-refractivity contribution is 6.23. The number of anilines is 1. The molecule has 3 amide bonds. The molecule has 1 heterocycles. The summed E-state index contributed by atoms with van der Waals surface area (Å²) in [5.41, 5.74) is 2.82. The van der Waals surface area contributed by atoms with Gasteiger partial charge in [0.2, 0.25) is 0 Å². The fourth-order valence-corrected chi connectivity index (χ4v) is 2.95. The number of hydrogen-bond donors (Lipinski definition) is 2. The average Bonchev–Trinajstić information content (AvgIpc) is 3.05. The van der Waals surface area contributed by atoms with Gasteiger partial charge >= 0.3 is 6.03 Å². The van der Waals surface area contributed by atoms with Crippen LogP contribution in [0.3, 0.4) is 0 Å². The van der Waals surface area contributed by atoms with Crippen molar-refractivity contribution in [3.8, 4) is 0 Å². The van der Waals surface area contributed by atoms with Crippen molar-refractivity contribution >= 4 is 23.5 Å². The minimum Gasteiger partial charge on any atom is -0.306 e. The lowest BCUT2D eigenvalue weighted by Gasteiger charge is -2.19. The maximum absolute atomic E-state index is 12.9. The molecule has 0 atom stereocenters. The van der Waals surface area contributed by atoms with Gasteiger partial charge in [-0.3, -0.25) is 4.79 Å². The molecular formula is C22H18N4O2. The Morgan fingerprint density at radius 2 is 1.46 bits per heavy atom. The summed E-state index contributed by atoms with van der Waals surface area (Å²) >= 11 is 0. The van der Waals surface area contributed by atoms with Gasteiger partial charge in [-0.15, -0.1) is 5.10 Å². The van der Waals surface area contributed by atoms with Gasteiger partial charge in [0.1, 0.15) is 0 Å². The van der Waals surface area contributed by atoms with Crippen LogP contribution in [0.5, 0.6) is 0 Å². The maximum Gasteiger partial charge on any atom is 0.342 e. The van der Waals surface area contributed by atoms with E-state index >= 15 is 0 Å². The number of benzene rings is 3. The van der Waals surface area contributed by atoms with Crippen LogP contribution in [0.4, 0.5) is 10.5 Å². The van der Waals surface area contributed by atoms with Crippen LogP contribution < -0.4 is 10.6 Å². The van der Waals surface area contributed by atoms with Crippen LogP contribution in [0.2, 0.25) is 0 Å². The molecule has 0 unspecified atom stereocenters. The summed E-state index contributed by atoms with van der Waals surface area (Å²) in [5, 5.41) is 11.4. The molecule has 1 aliphatic heterocycles. The first-order valence-corrected chi connectivity index (χ1v) is 8.87. The minimum absolute atomic E-state index is 0.225. The number of rotatable bonds is 4. The van der Waals surface area contributed by atoms with E-state index in [2.05, 4.69) is 15.7 Å². The van der Waals surface area contributed by atoms with Crippen LogP contribution in [-0.2, 0) is 6.54 Å². The summed E-state index contributed by atoms with van der Waals surface area (Å²) in [6.45, 7) is 0.265. The highest BCUT2D eigenvalue weighted by atomic mass is 16.2. The van der Waals surface area contributed by atoms with E-state index in [0.29, 0.717) is 22.6 Å². The Balaban J connectivity index is 1.65. The van der Waals surface area contributed by atoms with E-state index in [9.17, 15) is 9.59 Å². The third-order valence-corrected chi connectivity index (χ3v) is 4.31. The Bertz CT molecular complexity index is 1030. The number of urea groups is 1. The number of fused-ring (bicyclic) bond motifs is 1. The molecule has 2 N–H and O–H groups in total. The van der Waals surface area contributed by atoms with Gasteiger partial charge in [0, 0.05) is 11.3 Å². The van der Waals surface area contributed by atoms with Gasteiger partial charge < -0.3 is 10.6 Å². The van der Waals surface area contributed by atoms with Crippen molar-refractivity contribution in [3.63, 3.8) is 0 Å². The van der Waals surface area contributed by atoms with Crippen molar-refractivity contribution in [1.29, 1.82) is 0 Å². The SMILES string of the molecule is O=C1N/C(=N\N(Cc2ccccc2)C(=O)Nc2ccccc2)c2ccccc21. The highest BCUT2D eigenvalue weighted by Gasteiger charge is 2.26. The molecule has 138 valence electrons. The zero-order valence-corrected chi connectivity index (χ0v) is 15.0. The molecule has 4 rings (SSSR count). The summed E-state index contributed by atoms with van der Waals surface area (Å²) in [5.74, 6) is 0.136. The Morgan fingerprint density at radius 3 is 2.18 bits per heavy atom. The van der Waals surface area contributed by atoms with Crippen molar-refractivity contribution in [2.24, 2.45) is 5.10 Å². The number of hydrogen-bond acceptors (Lipinski definition) is 3. The van der Waals surface area contributed by atoms with Gasteiger partial charge in [-0.2, -0.15) is 0 Å². The average molecular weight is 370 g/mol. The number of hydrazone groups is 1. The molecule has 0 saturated heterocycles. The van der Waals surface area contributed by atoms with Crippen molar-refractivity contribution in [1.82, 2.24) is 10.3 Å². The first kappa shape index (κ1) is 17.5. The Morgan fingerprint density at radius 1 is 0.857 bits per heavy atom. The molecule has 0 radical (unpaired) electrons. The monoisotopic (exact) mass is 370 g/mol. The third kappa shape index (κ3) is 3.76. The van der Waals surface area contributed by atoms with E-state index < -0.39 is 0 Å². The molecule has 0 fully saturated rings. The first-order valence-electron chi connectivity index (χ1n) is 8.87. The maximum atomic E-state index is 12.9. The lowest BCUT2D eigenvalue weighted by molar-refractivity contribution is 0.0982. The van der Waals surface area contributed by atoms with Crippen LogP contribution in [0.1, 0.15) is 21.5 Å². The van der Waals surface area contributed by atoms with Crippen LogP contribution in [0.25, 0.3) is 0 Å². The molecule has 6 nitrogen and oxygen atoms in total. The Labute approximate surface area is 162 Å². The summed E-state index contributed by atoms with van der Waals surface area (Å²) in [4.78, 5) is 25.1. The Hall–Kier alpha value is -3.93. The van der Waals surface area contributed by atoms with E-state index in [1.807, 2.05) is 60.7 Å². The van der Waals surface area contributed by atoms with Crippen LogP contribution in [-0.4, -0.2) is 22.8 Å². The molecule has 0 saturated carbocycles. The predicted molar refractivity (Wildman–Crippen MR) is 108 cm³/mol. The molecule has 0 bridgehead atoms. The fourth-order valence-electron chi connectivity index (χ4n) is 2.95. The van der Waals surface area contributed by atoms with Gasteiger partial charge in [-0.25, -0.2) is 9.80 Å². The van der Waals surface area contributed by atoms with E-state index in [1.54, 1.807) is 24.3 Å². The predicted octanol–water partition coefficient (Wildman–Crippen LogP) is 3.83. The number of nitrogens with one attached hydrogen (secondary N) is 2. The number of amidine groups is 1. The van der Waals surface area contributed by atoms with E-state index in [-0.39, 0.29) is 18.5 Å². The normalized spacial score (nSPS) is 13.7. The molecule has 28 heavy (non-hydrogen) atoms. The molecule has 1 aliphatic rings. The summed E-state index contributed by atoms with van der Waals surface area (Å²) in [6, 6.07) is 25.5. The highest BCUT2D eigenvalue weighted by Crippen LogP contribution is 2.17. The fraction of sp³-hybridized carbons (Fsp3) is 0.0455. The molecule has 0 aromatic heterocycles. The van der Waals surface area contributed by atoms with Crippen LogP contribution in [0, 0.1) is 0 Å². The van der Waals surface area contributed by atoms with Gasteiger partial charge in [-0.05, 0) is 23.8 Å². The largest absolute Gasteiger partial charge is 0.342 e. The second kappa shape index (κ2) is 7.75. The van der Waals surface area contributed by atoms with Crippen molar-refractivity contribution < 1.29 is 9.59 Å². The van der Waals surface area contributed by atoms with Crippen molar-refractivity contribution in [2.75, 3.05) is 5.32 Å². The van der Waals surface area contributed by atoms with Crippen molar-refractivity contribution in [2.45, 2.75) is 6.54 Å². The summed E-state index contributed by atoms with van der Waals surface area (Å²) < 4.78 is 0. The third-order valence-electron chi connectivity index (χ3n) is 4.31. The number of nitrogens with zero attached hydrogens (tertiary/aromatic N) is 2.